The second-order valence-corrected chi connectivity index (χ2v) is 9.16. The van der Waals surface area contributed by atoms with E-state index in [1.54, 1.807) is 24.3 Å². The van der Waals surface area contributed by atoms with Gasteiger partial charge in [-0.15, -0.1) is 0 Å². The Hall–Kier alpha value is -2.54. The molecule has 156 valence electrons. The highest BCUT2D eigenvalue weighted by Crippen LogP contribution is 2.29. The lowest BCUT2D eigenvalue weighted by Crippen LogP contribution is -2.22. The fraction of sp³-hybridized carbons (Fsp3) is 0.409. The first-order valence-corrected chi connectivity index (χ1v) is 11.5. The van der Waals surface area contributed by atoms with E-state index in [2.05, 4.69) is 10.0 Å². The van der Waals surface area contributed by atoms with Crippen molar-refractivity contribution in [3.8, 4) is 0 Å². The van der Waals surface area contributed by atoms with E-state index >= 15 is 0 Å². The number of aryl methyl sites for hydroxylation is 1. The van der Waals surface area contributed by atoms with Gasteiger partial charge >= 0.3 is 5.97 Å². The van der Waals surface area contributed by atoms with E-state index in [4.69, 9.17) is 4.74 Å². The Morgan fingerprint density at radius 2 is 1.66 bits per heavy atom. The van der Waals surface area contributed by atoms with Crippen LogP contribution in [0.5, 0.6) is 0 Å². The van der Waals surface area contributed by atoms with Gasteiger partial charge in [0.25, 0.3) is 10.0 Å². The van der Waals surface area contributed by atoms with Crippen LogP contribution in [0.4, 0.5) is 11.4 Å². The Labute approximate surface area is 172 Å². The SMILES string of the molecule is COC(=O)c1ccc(NC2CCCCCC2)c(S(=O)(=O)Nc2ccc(C)cc2)c1. The summed E-state index contributed by atoms with van der Waals surface area (Å²) in [5, 5.41) is 3.40. The Bertz CT molecular complexity index is 947. The summed E-state index contributed by atoms with van der Waals surface area (Å²) in [7, 11) is -2.62. The fourth-order valence-electron chi connectivity index (χ4n) is 3.58. The van der Waals surface area contributed by atoms with E-state index in [9.17, 15) is 13.2 Å². The number of methoxy groups -OCH3 is 1. The highest BCUT2D eigenvalue weighted by Gasteiger charge is 2.23. The van der Waals surface area contributed by atoms with Crippen LogP contribution in [-0.2, 0) is 14.8 Å². The Balaban J connectivity index is 1.95. The van der Waals surface area contributed by atoms with Crippen molar-refractivity contribution in [1.82, 2.24) is 0 Å². The second-order valence-electron chi connectivity index (χ2n) is 7.51. The summed E-state index contributed by atoms with van der Waals surface area (Å²) < 4.78 is 33.7. The highest BCUT2D eigenvalue weighted by atomic mass is 32.2. The third kappa shape index (κ3) is 5.50. The highest BCUT2D eigenvalue weighted by molar-refractivity contribution is 7.92. The van der Waals surface area contributed by atoms with Crippen molar-refractivity contribution >= 4 is 27.4 Å². The topological polar surface area (TPSA) is 84.5 Å². The Kier molecular flexibility index (Phi) is 6.79. The van der Waals surface area contributed by atoms with Crippen molar-refractivity contribution in [2.75, 3.05) is 17.1 Å². The predicted molar refractivity (Wildman–Crippen MR) is 115 cm³/mol. The number of carbonyl (C=O) groups is 1. The van der Waals surface area contributed by atoms with E-state index in [0.29, 0.717) is 11.4 Å². The first kappa shape index (κ1) is 21.2. The summed E-state index contributed by atoms with van der Waals surface area (Å²) in [4.78, 5) is 12.0. The summed E-state index contributed by atoms with van der Waals surface area (Å²) in [6.07, 6.45) is 6.68. The third-order valence-electron chi connectivity index (χ3n) is 5.21. The van der Waals surface area contributed by atoms with Gasteiger partial charge in [-0.25, -0.2) is 13.2 Å². The number of esters is 1. The molecule has 2 aromatic rings. The number of rotatable bonds is 6. The van der Waals surface area contributed by atoms with Crippen LogP contribution in [0.3, 0.4) is 0 Å². The lowest BCUT2D eigenvalue weighted by Gasteiger charge is -2.21. The molecule has 0 aromatic heterocycles. The lowest BCUT2D eigenvalue weighted by molar-refractivity contribution is 0.0600. The van der Waals surface area contributed by atoms with Gasteiger partial charge in [-0.2, -0.15) is 0 Å². The molecular weight excluding hydrogens is 388 g/mol. The average molecular weight is 417 g/mol. The van der Waals surface area contributed by atoms with Gasteiger partial charge < -0.3 is 10.1 Å². The molecule has 1 aliphatic carbocycles. The van der Waals surface area contributed by atoms with Crippen molar-refractivity contribution < 1.29 is 17.9 Å². The van der Waals surface area contributed by atoms with Gasteiger partial charge in [0.05, 0.1) is 18.4 Å². The third-order valence-corrected chi connectivity index (χ3v) is 6.63. The molecule has 0 bridgehead atoms. The zero-order valence-corrected chi connectivity index (χ0v) is 17.7. The molecular formula is C22H28N2O4S. The van der Waals surface area contributed by atoms with Gasteiger partial charge in [-0.3, -0.25) is 4.72 Å². The van der Waals surface area contributed by atoms with Crippen LogP contribution in [-0.4, -0.2) is 27.5 Å². The summed E-state index contributed by atoms with van der Waals surface area (Å²) >= 11 is 0. The normalized spacial score (nSPS) is 15.4. The van der Waals surface area contributed by atoms with Crippen molar-refractivity contribution in [3.05, 3.63) is 53.6 Å². The number of hydrogen-bond donors (Lipinski definition) is 2. The number of ether oxygens (including phenoxy) is 1. The summed E-state index contributed by atoms with van der Waals surface area (Å²) in [5.41, 5.74) is 2.21. The molecule has 0 aliphatic heterocycles. The van der Waals surface area contributed by atoms with Crippen LogP contribution in [0.1, 0.15) is 54.4 Å². The standard InChI is InChI=1S/C22H28N2O4S/c1-16-9-12-19(13-10-16)24-29(26,27)21-15-17(22(25)28-2)11-14-20(21)23-18-7-5-3-4-6-8-18/h9-15,18,23-24H,3-8H2,1-2H3. The average Bonchev–Trinajstić information content (AvgIpc) is 2.98. The Morgan fingerprint density at radius 1 is 1.00 bits per heavy atom. The summed E-state index contributed by atoms with van der Waals surface area (Å²) in [5.74, 6) is -0.571. The van der Waals surface area contributed by atoms with Crippen molar-refractivity contribution in [2.45, 2.75) is 56.4 Å². The molecule has 0 spiro atoms. The molecule has 0 unspecified atom stereocenters. The smallest absolute Gasteiger partial charge is 0.337 e. The van der Waals surface area contributed by atoms with E-state index in [1.807, 2.05) is 19.1 Å². The maximum atomic E-state index is 13.2. The van der Waals surface area contributed by atoms with E-state index in [1.165, 1.54) is 26.0 Å². The predicted octanol–water partition coefficient (Wildman–Crippen LogP) is 4.72. The van der Waals surface area contributed by atoms with Crippen LogP contribution in [0, 0.1) is 6.92 Å². The van der Waals surface area contributed by atoms with E-state index < -0.39 is 16.0 Å². The molecule has 1 fully saturated rings. The van der Waals surface area contributed by atoms with Crippen LogP contribution in [0.25, 0.3) is 0 Å². The van der Waals surface area contributed by atoms with Gasteiger partial charge in [-0.1, -0.05) is 43.4 Å². The van der Waals surface area contributed by atoms with Crippen molar-refractivity contribution in [2.24, 2.45) is 0 Å². The number of benzene rings is 2. The van der Waals surface area contributed by atoms with Crippen LogP contribution < -0.4 is 10.0 Å². The van der Waals surface area contributed by atoms with E-state index in [-0.39, 0.29) is 16.5 Å². The molecule has 1 aliphatic rings. The molecule has 0 atom stereocenters. The molecule has 0 amide bonds. The molecule has 6 nitrogen and oxygen atoms in total. The van der Waals surface area contributed by atoms with Crippen LogP contribution in [0.2, 0.25) is 0 Å². The van der Waals surface area contributed by atoms with Gasteiger partial charge in [0.1, 0.15) is 4.90 Å². The molecule has 0 heterocycles. The van der Waals surface area contributed by atoms with Crippen LogP contribution in [0.15, 0.2) is 47.4 Å². The molecule has 2 aromatic carbocycles. The van der Waals surface area contributed by atoms with Crippen molar-refractivity contribution in [3.63, 3.8) is 0 Å². The minimum Gasteiger partial charge on any atom is -0.465 e. The lowest BCUT2D eigenvalue weighted by atomic mass is 10.1. The maximum Gasteiger partial charge on any atom is 0.337 e. The first-order valence-electron chi connectivity index (χ1n) is 9.97. The Morgan fingerprint density at radius 3 is 2.28 bits per heavy atom. The quantitative estimate of drug-likeness (QED) is 0.526. The van der Waals surface area contributed by atoms with E-state index in [0.717, 1.165) is 31.2 Å². The number of anilines is 2. The monoisotopic (exact) mass is 416 g/mol. The largest absolute Gasteiger partial charge is 0.465 e. The van der Waals surface area contributed by atoms with Crippen molar-refractivity contribution in [1.29, 1.82) is 0 Å². The molecule has 7 heteroatoms. The molecule has 1 saturated carbocycles. The van der Waals surface area contributed by atoms with Gasteiger partial charge in [0, 0.05) is 11.7 Å². The number of nitrogens with one attached hydrogen (secondary N) is 2. The zero-order chi connectivity index (χ0) is 20.9. The molecule has 2 N–H and O–H groups in total. The fourth-order valence-corrected chi connectivity index (χ4v) is 4.84. The van der Waals surface area contributed by atoms with Gasteiger partial charge in [0.2, 0.25) is 0 Å². The summed E-state index contributed by atoms with van der Waals surface area (Å²) in [6.45, 7) is 1.94. The van der Waals surface area contributed by atoms with Crippen LogP contribution >= 0.6 is 0 Å². The second kappa shape index (κ2) is 9.31. The van der Waals surface area contributed by atoms with Gasteiger partial charge in [0.15, 0.2) is 0 Å². The number of hydrogen-bond acceptors (Lipinski definition) is 5. The molecule has 0 radical (unpaired) electrons. The minimum absolute atomic E-state index is 0.0465. The van der Waals surface area contributed by atoms with Gasteiger partial charge in [-0.05, 0) is 50.1 Å². The number of carbonyl (C=O) groups excluding carboxylic acids is 1. The molecule has 3 rings (SSSR count). The summed E-state index contributed by atoms with van der Waals surface area (Å²) in [6, 6.07) is 12.0. The number of sulfonamides is 1. The molecule has 0 saturated heterocycles. The zero-order valence-electron chi connectivity index (χ0n) is 16.9. The minimum atomic E-state index is -3.90. The molecule has 29 heavy (non-hydrogen) atoms. The maximum absolute atomic E-state index is 13.2. The first-order chi connectivity index (χ1) is 13.9.